The molecule has 0 saturated carbocycles. The lowest BCUT2D eigenvalue weighted by molar-refractivity contribution is -0.139. The Hall–Kier alpha value is -1.13. The van der Waals surface area contributed by atoms with Crippen LogP contribution in [0.4, 0.5) is 13.2 Å². The molecule has 0 amide bonds. The van der Waals surface area contributed by atoms with E-state index in [9.17, 15) is 26.4 Å². The van der Waals surface area contributed by atoms with Gasteiger partial charge in [0.1, 0.15) is 6.04 Å². The van der Waals surface area contributed by atoms with Gasteiger partial charge >= 0.3 is 12.1 Å². The van der Waals surface area contributed by atoms with Crippen molar-refractivity contribution in [3.8, 4) is 0 Å². The highest BCUT2D eigenvalue weighted by Gasteiger charge is 2.34. The van der Waals surface area contributed by atoms with Gasteiger partial charge in [0, 0.05) is 4.47 Å². The van der Waals surface area contributed by atoms with E-state index in [1.54, 1.807) is 4.72 Å². The van der Waals surface area contributed by atoms with Crippen LogP contribution < -0.4 is 4.72 Å². The van der Waals surface area contributed by atoms with Crippen molar-refractivity contribution in [1.29, 1.82) is 0 Å². The van der Waals surface area contributed by atoms with Crippen molar-refractivity contribution in [1.82, 2.24) is 4.72 Å². The smallest absolute Gasteiger partial charge is 0.417 e. The molecule has 0 radical (unpaired) electrons. The van der Waals surface area contributed by atoms with Gasteiger partial charge in [-0.05, 0) is 25.1 Å². The third-order valence-corrected chi connectivity index (χ3v) is 4.49. The molecule has 112 valence electrons. The second-order valence-electron chi connectivity index (χ2n) is 3.82. The Labute approximate surface area is 121 Å². The van der Waals surface area contributed by atoms with Crippen molar-refractivity contribution in [3.05, 3.63) is 28.2 Å². The molecule has 5 nitrogen and oxygen atoms in total. The fourth-order valence-corrected chi connectivity index (χ4v) is 2.93. The van der Waals surface area contributed by atoms with Crippen molar-refractivity contribution < 1.29 is 31.5 Å². The molecule has 0 saturated heterocycles. The van der Waals surface area contributed by atoms with Gasteiger partial charge in [-0.15, -0.1) is 0 Å². The first-order valence-corrected chi connectivity index (χ1v) is 7.34. The first-order chi connectivity index (χ1) is 8.95. The van der Waals surface area contributed by atoms with E-state index < -0.39 is 38.7 Å². The average molecular weight is 376 g/mol. The van der Waals surface area contributed by atoms with Crippen LogP contribution in [0.3, 0.4) is 0 Å². The summed E-state index contributed by atoms with van der Waals surface area (Å²) in [5, 5.41) is 8.61. The van der Waals surface area contributed by atoms with Crippen molar-refractivity contribution in [2.24, 2.45) is 0 Å². The van der Waals surface area contributed by atoms with Crippen LogP contribution in [0.5, 0.6) is 0 Å². The third-order valence-electron chi connectivity index (χ3n) is 2.26. The first-order valence-electron chi connectivity index (χ1n) is 5.07. The largest absolute Gasteiger partial charge is 0.480 e. The lowest BCUT2D eigenvalue weighted by Crippen LogP contribution is -2.38. The van der Waals surface area contributed by atoms with Crippen LogP contribution in [0, 0.1) is 0 Å². The van der Waals surface area contributed by atoms with Gasteiger partial charge in [-0.2, -0.15) is 17.9 Å². The molecule has 2 N–H and O–H groups in total. The Bertz CT molecular complexity index is 630. The van der Waals surface area contributed by atoms with Crippen molar-refractivity contribution in [2.45, 2.75) is 24.0 Å². The number of carbonyl (C=O) groups is 1. The van der Waals surface area contributed by atoms with Gasteiger partial charge in [0.05, 0.1) is 10.5 Å². The van der Waals surface area contributed by atoms with E-state index >= 15 is 0 Å². The number of hydrogen-bond donors (Lipinski definition) is 2. The predicted octanol–water partition coefficient (Wildman–Crippen LogP) is 2.22. The zero-order chi connectivity index (χ0) is 15.7. The lowest BCUT2D eigenvalue weighted by Gasteiger charge is -2.13. The standard InChI is InChI=1S/C10H9BrF3NO4S/c1-5(9(16)17)15-20(18,19)6-2-3-8(11)7(4-6)10(12,13)14/h2-5,15H,1H3,(H,16,17). The van der Waals surface area contributed by atoms with Gasteiger partial charge in [0.25, 0.3) is 0 Å². The molecule has 1 rings (SSSR count). The fraction of sp³-hybridized carbons (Fsp3) is 0.300. The molecule has 1 unspecified atom stereocenters. The fourth-order valence-electron chi connectivity index (χ4n) is 1.24. The number of carboxylic acid groups (broad SMARTS) is 1. The molecule has 0 aromatic heterocycles. The van der Waals surface area contributed by atoms with Crippen LogP contribution in [0.15, 0.2) is 27.6 Å². The number of hydrogen-bond acceptors (Lipinski definition) is 3. The van der Waals surface area contributed by atoms with E-state index in [1.165, 1.54) is 0 Å². The highest BCUT2D eigenvalue weighted by atomic mass is 79.9. The van der Waals surface area contributed by atoms with Crippen LogP contribution in [-0.2, 0) is 21.0 Å². The quantitative estimate of drug-likeness (QED) is 0.844. The Morgan fingerprint density at radius 1 is 1.40 bits per heavy atom. The van der Waals surface area contributed by atoms with E-state index in [2.05, 4.69) is 15.9 Å². The number of carboxylic acids is 1. The van der Waals surface area contributed by atoms with Crippen LogP contribution in [0.25, 0.3) is 0 Å². The van der Waals surface area contributed by atoms with Crippen LogP contribution >= 0.6 is 15.9 Å². The van der Waals surface area contributed by atoms with Crippen LogP contribution in [-0.4, -0.2) is 25.5 Å². The summed E-state index contributed by atoms with van der Waals surface area (Å²) in [4.78, 5) is 9.91. The molecule has 0 fully saturated rings. The summed E-state index contributed by atoms with van der Waals surface area (Å²) in [5.74, 6) is -1.44. The molecule has 10 heteroatoms. The van der Waals surface area contributed by atoms with Gasteiger partial charge < -0.3 is 5.11 Å². The van der Waals surface area contributed by atoms with Gasteiger partial charge in [-0.25, -0.2) is 8.42 Å². The second-order valence-corrected chi connectivity index (χ2v) is 6.39. The third kappa shape index (κ3) is 3.93. The number of nitrogens with one attached hydrogen (secondary N) is 1. The number of aliphatic carboxylic acids is 1. The monoisotopic (exact) mass is 375 g/mol. The summed E-state index contributed by atoms with van der Waals surface area (Å²) in [5.41, 5.74) is -1.16. The Kier molecular flexibility index (Phi) is 4.82. The summed E-state index contributed by atoms with van der Waals surface area (Å²) in [6, 6.07) is 0.845. The van der Waals surface area contributed by atoms with Crippen molar-refractivity contribution in [3.63, 3.8) is 0 Å². The van der Waals surface area contributed by atoms with E-state index in [1.807, 2.05) is 0 Å². The zero-order valence-corrected chi connectivity index (χ0v) is 12.3. The maximum Gasteiger partial charge on any atom is 0.417 e. The Morgan fingerprint density at radius 3 is 2.40 bits per heavy atom. The van der Waals surface area contributed by atoms with Crippen molar-refractivity contribution >= 4 is 31.9 Å². The highest BCUT2D eigenvalue weighted by molar-refractivity contribution is 9.10. The van der Waals surface area contributed by atoms with E-state index in [4.69, 9.17) is 5.11 Å². The molecule has 0 aliphatic rings. The topological polar surface area (TPSA) is 83.5 Å². The molecule has 0 heterocycles. The van der Waals surface area contributed by atoms with Gasteiger partial charge in [0.15, 0.2) is 0 Å². The average Bonchev–Trinajstić information content (AvgIpc) is 2.26. The van der Waals surface area contributed by atoms with E-state index in [0.717, 1.165) is 19.1 Å². The molecule has 20 heavy (non-hydrogen) atoms. The number of alkyl halides is 3. The number of halogens is 4. The summed E-state index contributed by atoms with van der Waals surface area (Å²) in [6.07, 6.45) is -4.73. The molecule has 1 atom stereocenters. The molecule has 1 aromatic rings. The van der Waals surface area contributed by atoms with Gasteiger partial charge in [-0.1, -0.05) is 15.9 Å². The summed E-state index contributed by atoms with van der Waals surface area (Å²) in [6.45, 7) is 1.06. The summed E-state index contributed by atoms with van der Waals surface area (Å²) >= 11 is 2.68. The molecule has 0 bridgehead atoms. The summed E-state index contributed by atoms with van der Waals surface area (Å²) < 4.78 is 63.0. The van der Waals surface area contributed by atoms with Gasteiger partial charge in [0.2, 0.25) is 10.0 Å². The van der Waals surface area contributed by atoms with E-state index in [-0.39, 0.29) is 4.47 Å². The molecule has 0 aliphatic heterocycles. The molecule has 0 aliphatic carbocycles. The predicted molar refractivity (Wildman–Crippen MR) is 66.6 cm³/mol. The molecular formula is C10H9BrF3NO4S. The minimum atomic E-state index is -4.73. The second kappa shape index (κ2) is 5.70. The number of sulfonamides is 1. The van der Waals surface area contributed by atoms with Gasteiger partial charge in [-0.3, -0.25) is 4.79 Å². The Morgan fingerprint density at radius 2 is 1.95 bits per heavy atom. The minimum absolute atomic E-state index is 0.310. The van der Waals surface area contributed by atoms with E-state index in [0.29, 0.717) is 6.07 Å². The number of rotatable bonds is 4. The molecule has 0 spiro atoms. The SMILES string of the molecule is CC(NS(=O)(=O)c1ccc(Br)c(C(F)(F)F)c1)C(=O)O. The highest BCUT2D eigenvalue weighted by Crippen LogP contribution is 2.36. The minimum Gasteiger partial charge on any atom is -0.480 e. The molecular weight excluding hydrogens is 367 g/mol. The normalized spacial score (nSPS) is 14.1. The first kappa shape index (κ1) is 16.9. The summed E-state index contributed by atoms with van der Waals surface area (Å²) in [7, 11) is -4.36. The number of benzene rings is 1. The lowest BCUT2D eigenvalue weighted by atomic mass is 10.2. The van der Waals surface area contributed by atoms with Crippen LogP contribution in [0.1, 0.15) is 12.5 Å². The maximum absolute atomic E-state index is 12.7. The Balaban J connectivity index is 3.24. The van der Waals surface area contributed by atoms with Crippen LogP contribution in [0.2, 0.25) is 0 Å². The molecule has 1 aromatic carbocycles. The maximum atomic E-state index is 12.7. The van der Waals surface area contributed by atoms with Crippen molar-refractivity contribution in [2.75, 3.05) is 0 Å². The zero-order valence-electron chi connectivity index (χ0n) is 9.90.